The molecule has 0 bridgehead atoms. The largest absolute Gasteiger partial charge is 0.342 e. The molecule has 0 radical (unpaired) electrons. The highest BCUT2D eigenvalue weighted by molar-refractivity contribution is 9.10. The first-order valence-corrected chi connectivity index (χ1v) is 11.2. The van der Waals surface area contributed by atoms with Crippen LogP contribution in [0.3, 0.4) is 0 Å². The van der Waals surface area contributed by atoms with Gasteiger partial charge in [0.05, 0.1) is 22.0 Å². The van der Waals surface area contributed by atoms with Crippen LogP contribution in [-0.4, -0.2) is 25.4 Å². The average molecular weight is 516 g/mol. The molecule has 0 aliphatic heterocycles. The third-order valence-corrected chi connectivity index (χ3v) is 6.10. The van der Waals surface area contributed by atoms with E-state index >= 15 is 0 Å². The highest BCUT2D eigenvalue weighted by Crippen LogP contribution is 2.22. The third kappa shape index (κ3) is 4.01. The van der Waals surface area contributed by atoms with Gasteiger partial charge in [0, 0.05) is 45.8 Å². The SMILES string of the molecule is Cc1nc2ccc(Br)cc2c(=O)n1N=Cc1cn(Cc2ccc([N+](=O)[O-])cc2)c2ccccc12. The lowest BCUT2D eigenvalue weighted by atomic mass is 10.2. The first-order chi connectivity index (χ1) is 16.4. The molecule has 34 heavy (non-hydrogen) atoms. The maximum atomic E-state index is 13.0. The lowest BCUT2D eigenvalue weighted by Gasteiger charge is -2.05. The molecular weight excluding hydrogens is 498 g/mol. The van der Waals surface area contributed by atoms with Gasteiger partial charge in [-0.2, -0.15) is 9.78 Å². The van der Waals surface area contributed by atoms with Gasteiger partial charge >= 0.3 is 0 Å². The molecule has 2 aromatic heterocycles. The summed E-state index contributed by atoms with van der Waals surface area (Å²) in [5, 5.41) is 16.9. The number of hydrogen-bond acceptors (Lipinski definition) is 5. The molecule has 9 heteroatoms. The van der Waals surface area contributed by atoms with Gasteiger partial charge in [0.15, 0.2) is 0 Å². The topological polar surface area (TPSA) is 95.3 Å². The number of para-hydroxylation sites is 1. The fourth-order valence-electron chi connectivity index (χ4n) is 3.94. The van der Waals surface area contributed by atoms with Gasteiger partial charge in [0.2, 0.25) is 0 Å². The van der Waals surface area contributed by atoms with Gasteiger partial charge in [-0.1, -0.05) is 46.3 Å². The van der Waals surface area contributed by atoms with Gasteiger partial charge < -0.3 is 4.57 Å². The van der Waals surface area contributed by atoms with Crippen LogP contribution in [-0.2, 0) is 6.54 Å². The van der Waals surface area contributed by atoms with E-state index in [1.807, 2.05) is 36.5 Å². The number of aromatic nitrogens is 3. The molecule has 5 aromatic rings. The van der Waals surface area contributed by atoms with Crippen LogP contribution in [0.15, 0.2) is 87.3 Å². The molecule has 0 amide bonds. The van der Waals surface area contributed by atoms with E-state index in [0.29, 0.717) is 23.3 Å². The van der Waals surface area contributed by atoms with Gasteiger partial charge in [0.25, 0.3) is 11.2 Å². The number of nitro benzene ring substituents is 1. The number of fused-ring (bicyclic) bond motifs is 2. The van der Waals surface area contributed by atoms with Crippen molar-refractivity contribution in [2.45, 2.75) is 13.5 Å². The van der Waals surface area contributed by atoms with Crippen LogP contribution in [0.1, 0.15) is 17.0 Å². The van der Waals surface area contributed by atoms with Gasteiger partial charge in [-0.3, -0.25) is 14.9 Å². The number of benzene rings is 3. The summed E-state index contributed by atoms with van der Waals surface area (Å²) in [5.74, 6) is 0.491. The quantitative estimate of drug-likeness (QED) is 0.181. The van der Waals surface area contributed by atoms with Gasteiger partial charge in [-0.05, 0) is 36.8 Å². The summed E-state index contributed by atoms with van der Waals surface area (Å²) in [6.45, 7) is 2.29. The normalized spacial score (nSPS) is 11.6. The van der Waals surface area contributed by atoms with Crippen LogP contribution in [0, 0.1) is 17.0 Å². The zero-order valence-electron chi connectivity index (χ0n) is 18.1. The molecule has 5 rings (SSSR count). The Bertz CT molecular complexity index is 1650. The number of nitrogens with zero attached hydrogens (tertiary/aromatic N) is 5. The summed E-state index contributed by atoms with van der Waals surface area (Å²) in [4.78, 5) is 28.1. The minimum absolute atomic E-state index is 0.0609. The Kier molecular flexibility index (Phi) is 5.54. The van der Waals surface area contributed by atoms with Crippen molar-refractivity contribution >= 4 is 49.6 Å². The number of halogens is 1. The Hall–Kier alpha value is -4.11. The molecule has 0 spiro atoms. The first kappa shape index (κ1) is 21.7. The number of non-ortho nitro benzene ring substituents is 1. The van der Waals surface area contributed by atoms with Crippen LogP contribution in [0.5, 0.6) is 0 Å². The van der Waals surface area contributed by atoms with Crippen molar-refractivity contribution in [2.75, 3.05) is 0 Å². The highest BCUT2D eigenvalue weighted by atomic mass is 79.9. The zero-order valence-corrected chi connectivity index (χ0v) is 19.6. The molecule has 0 N–H and O–H groups in total. The standard InChI is InChI=1S/C25H18BrN5O3/c1-16-28-23-11-8-19(26)12-22(23)25(32)30(16)27-13-18-15-29(24-5-3-2-4-21(18)24)14-17-6-9-20(10-7-17)31(33)34/h2-13,15H,14H2,1H3. The van der Waals surface area contributed by atoms with Gasteiger partial charge in [0.1, 0.15) is 5.82 Å². The van der Waals surface area contributed by atoms with Gasteiger partial charge in [-0.15, -0.1) is 0 Å². The summed E-state index contributed by atoms with van der Waals surface area (Å²) in [6.07, 6.45) is 3.62. The average Bonchev–Trinajstić information content (AvgIpc) is 3.17. The van der Waals surface area contributed by atoms with Crippen LogP contribution < -0.4 is 5.56 Å². The van der Waals surface area contributed by atoms with Crippen LogP contribution in [0.2, 0.25) is 0 Å². The highest BCUT2D eigenvalue weighted by Gasteiger charge is 2.11. The van der Waals surface area contributed by atoms with E-state index in [0.717, 1.165) is 26.5 Å². The van der Waals surface area contributed by atoms with Crippen molar-refractivity contribution in [3.63, 3.8) is 0 Å². The number of nitro groups is 1. The maximum Gasteiger partial charge on any atom is 0.282 e. The fourth-order valence-corrected chi connectivity index (χ4v) is 4.31. The lowest BCUT2D eigenvalue weighted by molar-refractivity contribution is -0.384. The summed E-state index contributed by atoms with van der Waals surface area (Å²) < 4.78 is 4.16. The monoisotopic (exact) mass is 515 g/mol. The molecule has 3 aromatic carbocycles. The molecule has 8 nitrogen and oxygen atoms in total. The first-order valence-electron chi connectivity index (χ1n) is 10.5. The zero-order chi connectivity index (χ0) is 23.8. The van der Waals surface area contributed by atoms with E-state index < -0.39 is 4.92 Å². The lowest BCUT2D eigenvalue weighted by Crippen LogP contribution is -2.20. The predicted octanol–water partition coefficient (Wildman–Crippen LogP) is 5.26. The Morgan fingerprint density at radius 2 is 1.85 bits per heavy atom. The minimum Gasteiger partial charge on any atom is -0.342 e. The summed E-state index contributed by atoms with van der Waals surface area (Å²) >= 11 is 3.40. The molecule has 2 heterocycles. The second-order valence-electron chi connectivity index (χ2n) is 7.84. The van der Waals surface area contributed by atoms with Crippen molar-refractivity contribution in [1.82, 2.24) is 14.2 Å². The number of aryl methyl sites for hydroxylation is 1. The van der Waals surface area contributed by atoms with Crippen molar-refractivity contribution in [1.29, 1.82) is 0 Å². The molecule has 0 saturated carbocycles. The molecule has 0 saturated heterocycles. The van der Waals surface area contributed by atoms with Crippen LogP contribution in [0.25, 0.3) is 21.8 Å². The van der Waals surface area contributed by atoms with Crippen LogP contribution >= 0.6 is 15.9 Å². The Labute approximate surface area is 202 Å². The van der Waals surface area contributed by atoms with E-state index in [1.165, 1.54) is 16.8 Å². The Morgan fingerprint density at radius 3 is 2.62 bits per heavy atom. The van der Waals surface area contributed by atoms with Crippen molar-refractivity contribution in [2.24, 2.45) is 5.10 Å². The van der Waals surface area contributed by atoms with E-state index in [1.54, 1.807) is 37.4 Å². The van der Waals surface area contributed by atoms with E-state index in [-0.39, 0.29) is 11.2 Å². The van der Waals surface area contributed by atoms with Crippen molar-refractivity contribution in [3.05, 3.63) is 115 Å². The second-order valence-corrected chi connectivity index (χ2v) is 8.75. The Balaban J connectivity index is 1.54. The summed E-state index contributed by atoms with van der Waals surface area (Å²) in [6, 6.07) is 19.8. The molecule has 168 valence electrons. The summed E-state index contributed by atoms with van der Waals surface area (Å²) in [7, 11) is 0. The van der Waals surface area contributed by atoms with Gasteiger partial charge in [-0.25, -0.2) is 4.98 Å². The van der Waals surface area contributed by atoms with E-state index in [2.05, 4.69) is 30.6 Å². The molecule has 0 aliphatic rings. The van der Waals surface area contributed by atoms with E-state index in [4.69, 9.17) is 0 Å². The predicted molar refractivity (Wildman–Crippen MR) is 136 cm³/mol. The van der Waals surface area contributed by atoms with Crippen molar-refractivity contribution < 1.29 is 4.92 Å². The smallest absolute Gasteiger partial charge is 0.282 e. The molecule has 0 aliphatic carbocycles. The number of hydrogen-bond donors (Lipinski definition) is 0. The molecule has 0 fully saturated rings. The van der Waals surface area contributed by atoms with E-state index in [9.17, 15) is 14.9 Å². The third-order valence-electron chi connectivity index (χ3n) is 5.60. The fraction of sp³-hybridized carbons (Fsp3) is 0.0800. The Morgan fingerprint density at radius 1 is 1.09 bits per heavy atom. The summed E-state index contributed by atoms with van der Waals surface area (Å²) in [5.41, 5.74) is 3.22. The number of rotatable bonds is 5. The van der Waals surface area contributed by atoms with Crippen LogP contribution in [0.4, 0.5) is 5.69 Å². The molecule has 0 unspecified atom stereocenters. The maximum absolute atomic E-state index is 13.0. The minimum atomic E-state index is -0.409. The molecular formula is C25H18BrN5O3. The van der Waals surface area contributed by atoms with Crippen molar-refractivity contribution in [3.8, 4) is 0 Å². The second kappa shape index (κ2) is 8.68. The molecule has 0 atom stereocenters.